The lowest BCUT2D eigenvalue weighted by atomic mass is 10.0. The van der Waals surface area contributed by atoms with Gasteiger partial charge < -0.3 is 14.7 Å². The number of ketones is 1. The summed E-state index contributed by atoms with van der Waals surface area (Å²) in [6.45, 7) is 0.557. The molecule has 0 saturated carbocycles. The van der Waals surface area contributed by atoms with Crippen LogP contribution in [0.3, 0.4) is 0 Å². The van der Waals surface area contributed by atoms with E-state index in [2.05, 4.69) is 0 Å². The molecule has 1 heterocycles. The summed E-state index contributed by atoms with van der Waals surface area (Å²) in [5.74, 6) is 0.592. The Morgan fingerprint density at radius 3 is 2.65 bits per heavy atom. The smallest absolute Gasteiger partial charge is 0.231 e. The van der Waals surface area contributed by atoms with Crippen LogP contribution in [0.4, 0.5) is 0 Å². The third-order valence-corrected chi connectivity index (χ3v) is 3.98. The Morgan fingerprint density at radius 1 is 1.22 bits per heavy atom. The average molecular weight is 331 g/mol. The second kappa shape index (κ2) is 6.07. The summed E-state index contributed by atoms with van der Waals surface area (Å²) >= 11 is 6.13. The summed E-state index contributed by atoms with van der Waals surface area (Å²) in [6, 6.07) is 10.4. The van der Waals surface area contributed by atoms with E-state index in [1.807, 2.05) is 32.3 Å². The number of phenolic OH excluding ortho intramolecular Hbond substituents is 1. The summed E-state index contributed by atoms with van der Waals surface area (Å²) in [4.78, 5) is 13.7. The van der Waals surface area contributed by atoms with Crippen molar-refractivity contribution in [2.75, 3.05) is 14.1 Å². The van der Waals surface area contributed by atoms with Crippen molar-refractivity contribution in [3.63, 3.8) is 0 Å². The normalized spacial score (nSPS) is 15.1. The Hall–Kier alpha value is -2.30. The average Bonchev–Trinajstić information content (AvgIpc) is 2.81. The summed E-state index contributed by atoms with van der Waals surface area (Å²) in [6.07, 6.45) is 1.63. The Morgan fingerprint density at radius 2 is 1.96 bits per heavy atom. The van der Waals surface area contributed by atoms with Crippen LogP contribution >= 0.6 is 11.6 Å². The van der Waals surface area contributed by atoms with Gasteiger partial charge >= 0.3 is 0 Å². The van der Waals surface area contributed by atoms with Gasteiger partial charge in [0.05, 0.1) is 25.2 Å². The van der Waals surface area contributed by atoms with Crippen molar-refractivity contribution >= 4 is 23.5 Å². The number of Topliss-reactive ketones (excluding diaryl/α,β-unsaturated/α-hetero) is 1. The molecule has 0 unspecified atom stereocenters. The maximum Gasteiger partial charge on any atom is 0.231 e. The number of hydrogen-bond acceptors (Lipinski definition) is 3. The van der Waals surface area contributed by atoms with Gasteiger partial charge in [-0.3, -0.25) is 4.79 Å². The van der Waals surface area contributed by atoms with Crippen molar-refractivity contribution in [1.29, 1.82) is 0 Å². The van der Waals surface area contributed by atoms with Crippen molar-refractivity contribution in [1.82, 2.24) is 0 Å². The molecule has 2 aromatic rings. The van der Waals surface area contributed by atoms with Crippen LogP contribution in [0.5, 0.6) is 11.5 Å². The molecule has 0 aliphatic carbocycles. The quantitative estimate of drug-likeness (QED) is 0.849. The van der Waals surface area contributed by atoms with Crippen LogP contribution in [-0.4, -0.2) is 25.0 Å². The molecular weight excluding hydrogens is 314 g/mol. The number of phenols is 1. The number of carbonyl (C=O) groups excluding carboxylic acids is 1. The molecular formula is C18H17ClNO3+. The highest BCUT2D eigenvalue weighted by Crippen LogP contribution is 2.39. The van der Waals surface area contributed by atoms with Gasteiger partial charge in [0.1, 0.15) is 12.3 Å². The zero-order valence-electron chi connectivity index (χ0n) is 12.9. The fourth-order valence-corrected chi connectivity index (χ4v) is 2.74. The molecule has 118 valence electrons. The number of carbonyl (C=O) groups is 1. The lowest BCUT2D eigenvalue weighted by molar-refractivity contribution is -0.872. The number of quaternary nitrogens is 1. The summed E-state index contributed by atoms with van der Waals surface area (Å²) in [5, 5.41) is 10.6. The molecule has 2 aromatic carbocycles. The van der Waals surface area contributed by atoms with Crippen LogP contribution in [-0.2, 0) is 6.54 Å². The standard InChI is InChI=1S/C18H16ClNO3/c1-20(2)10-13-15(21)8-7-12-17(22)16(23-18(12)13)9-11-5-3-4-6-14(11)19/h3-9,21H,10H2,1-2H3/p+1/b16-9-. The van der Waals surface area contributed by atoms with E-state index in [1.54, 1.807) is 18.2 Å². The highest BCUT2D eigenvalue weighted by atomic mass is 35.5. The molecule has 4 nitrogen and oxygen atoms in total. The van der Waals surface area contributed by atoms with E-state index in [0.29, 0.717) is 34.0 Å². The Kier molecular flexibility index (Phi) is 4.11. The van der Waals surface area contributed by atoms with Crippen molar-refractivity contribution < 1.29 is 19.5 Å². The van der Waals surface area contributed by atoms with E-state index >= 15 is 0 Å². The third kappa shape index (κ3) is 2.96. The van der Waals surface area contributed by atoms with Crippen LogP contribution in [0.2, 0.25) is 5.02 Å². The highest BCUT2D eigenvalue weighted by Gasteiger charge is 2.32. The number of fused-ring (bicyclic) bond motifs is 1. The zero-order valence-corrected chi connectivity index (χ0v) is 13.6. The van der Waals surface area contributed by atoms with Gasteiger partial charge in [0.2, 0.25) is 5.78 Å². The van der Waals surface area contributed by atoms with Gasteiger partial charge in [0, 0.05) is 5.02 Å². The van der Waals surface area contributed by atoms with E-state index in [1.165, 1.54) is 6.07 Å². The van der Waals surface area contributed by atoms with E-state index in [0.717, 1.165) is 4.90 Å². The second-order valence-corrected chi connectivity index (χ2v) is 6.19. The summed E-state index contributed by atoms with van der Waals surface area (Å²) in [7, 11) is 3.94. The van der Waals surface area contributed by atoms with Crippen molar-refractivity contribution in [2.45, 2.75) is 6.54 Å². The van der Waals surface area contributed by atoms with Gasteiger partial charge in [-0.15, -0.1) is 0 Å². The third-order valence-electron chi connectivity index (χ3n) is 3.64. The molecule has 0 fully saturated rings. The van der Waals surface area contributed by atoms with E-state index in [-0.39, 0.29) is 17.3 Å². The number of halogens is 1. The van der Waals surface area contributed by atoms with Crippen molar-refractivity contribution in [3.05, 3.63) is 63.9 Å². The monoisotopic (exact) mass is 330 g/mol. The van der Waals surface area contributed by atoms with E-state index in [9.17, 15) is 9.90 Å². The molecule has 0 radical (unpaired) electrons. The Labute approximate surface area is 139 Å². The molecule has 2 N–H and O–H groups in total. The first-order valence-corrected chi connectivity index (χ1v) is 7.68. The van der Waals surface area contributed by atoms with E-state index in [4.69, 9.17) is 16.3 Å². The Bertz CT molecular complexity index is 812. The molecule has 3 rings (SSSR count). The minimum absolute atomic E-state index is 0.136. The first-order valence-electron chi connectivity index (χ1n) is 7.30. The predicted molar refractivity (Wildman–Crippen MR) is 89.0 cm³/mol. The first-order chi connectivity index (χ1) is 11.0. The fraction of sp³-hybridized carbons (Fsp3) is 0.167. The molecule has 5 heteroatoms. The number of rotatable bonds is 3. The minimum Gasteiger partial charge on any atom is -0.507 e. The number of nitrogens with one attached hydrogen (secondary N) is 1. The molecule has 0 amide bonds. The van der Waals surface area contributed by atoms with Crippen molar-refractivity contribution in [3.8, 4) is 11.5 Å². The lowest BCUT2D eigenvalue weighted by Crippen LogP contribution is -3.04. The molecule has 1 aliphatic heterocycles. The van der Waals surface area contributed by atoms with E-state index < -0.39 is 0 Å². The lowest BCUT2D eigenvalue weighted by Gasteiger charge is -2.12. The maximum absolute atomic E-state index is 12.5. The topological polar surface area (TPSA) is 51.0 Å². The van der Waals surface area contributed by atoms with Crippen LogP contribution in [0.25, 0.3) is 6.08 Å². The highest BCUT2D eigenvalue weighted by molar-refractivity contribution is 6.32. The molecule has 23 heavy (non-hydrogen) atoms. The summed E-state index contributed by atoms with van der Waals surface area (Å²) in [5.41, 5.74) is 1.82. The van der Waals surface area contributed by atoms with Crippen LogP contribution in [0.1, 0.15) is 21.5 Å². The fourth-order valence-electron chi connectivity index (χ4n) is 2.55. The number of allylic oxidation sites excluding steroid dienone is 1. The summed E-state index contributed by atoms with van der Waals surface area (Å²) < 4.78 is 5.77. The molecule has 0 spiro atoms. The van der Waals surface area contributed by atoms with Gasteiger partial charge in [-0.05, 0) is 29.8 Å². The number of benzene rings is 2. The molecule has 0 atom stereocenters. The number of aromatic hydroxyl groups is 1. The SMILES string of the molecule is C[NH+](C)Cc1c(O)ccc2c1O/C(=C\c1ccccc1Cl)C2=O. The van der Waals surface area contributed by atoms with Gasteiger partial charge in [0.25, 0.3) is 0 Å². The molecule has 1 aliphatic rings. The predicted octanol–water partition coefficient (Wildman–Crippen LogP) is 2.31. The van der Waals surface area contributed by atoms with Gasteiger partial charge in [0.15, 0.2) is 11.5 Å². The maximum atomic E-state index is 12.5. The Balaban J connectivity index is 2.04. The van der Waals surface area contributed by atoms with Gasteiger partial charge in [-0.2, -0.15) is 0 Å². The zero-order chi connectivity index (χ0) is 16.6. The largest absolute Gasteiger partial charge is 0.507 e. The van der Waals surface area contributed by atoms with Gasteiger partial charge in [-0.1, -0.05) is 29.8 Å². The minimum atomic E-state index is -0.199. The number of hydrogen-bond donors (Lipinski definition) is 2. The molecule has 0 bridgehead atoms. The van der Waals surface area contributed by atoms with Crippen molar-refractivity contribution in [2.24, 2.45) is 0 Å². The number of ether oxygens (including phenoxy) is 1. The van der Waals surface area contributed by atoms with Gasteiger partial charge in [-0.25, -0.2) is 0 Å². The van der Waals surface area contributed by atoms with Crippen LogP contribution in [0.15, 0.2) is 42.2 Å². The molecule has 0 saturated heterocycles. The first kappa shape index (κ1) is 15.6. The van der Waals surface area contributed by atoms with Crippen LogP contribution < -0.4 is 9.64 Å². The molecule has 0 aromatic heterocycles. The van der Waals surface area contributed by atoms with Crippen LogP contribution in [0, 0.1) is 0 Å². The second-order valence-electron chi connectivity index (χ2n) is 5.79.